The van der Waals surface area contributed by atoms with Gasteiger partial charge >= 0.3 is 0 Å². The Hall–Kier alpha value is -3.47. The minimum atomic E-state index is -0.352. The zero-order valence-electron chi connectivity index (χ0n) is 15.6. The molecule has 0 unspecified atom stereocenters. The van der Waals surface area contributed by atoms with Gasteiger partial charge < -0.3 is 10.2 Å². The van der Waals surface area contributed by atoms with Crippen molar-refractivity contribution >= 4 is 23.2 Å². The Labute approximate surface area is 158 Å². The summed E-state index contributed by atoms with van der Waals surface area (Å²) in [5, 5.41) is 2.83. The first-order chi connectivity index (χ1) is 13.0. The van der Waals surface area contributed by atoms with Crippen molar-refractivity contribution in [3.05, 3.63) is 89.2 Å². The average Bonchev–Trinajstić information content (AvgIpc) is 2.70. The van der Waals surface area contributed by atoms with Crippen LogP contribution in [-0.4, -0.2) is 23.8 Å². The highest BCUT2D eigenvalue weighted by Crippen LogP contribution is 2.16. The number of aromatic nitrogens is 1. The Kier molecular flexibility index (Phi) is 5.31. The number of aryl methyl sites for hydroxylation is 2. The van der Waals surface area contributed by atoms with Crippen LogP contribution in [0.3, 0.4) is 0 Å². The number of nitrogens with zero attached hydrogens (tertiary/aromatic N) is 2. The fraction of sp³-hybridized carbons (Fsp3) is 0.136. The van der Waals surface area contributed by atoms with E-state index in [2.05, 4.69) is 10.3 Å². The van der Waals surface area contributed by atoms with Crippen LogP contribution >= 0.6 is 0 Å². The summed E-state index contributed by atoms with van der Waals surface area (Å²) in [6.45, 7) is 4.00. The molecule has 136 valence electrons. The molecule has 3 rings (SSSR count). The molecule has 0 aliphatic rings. The van der Waals surface area contributed by atoms with Crippen LogP contribution in [0.4, 0.5) is 11.4 Å². The third-order valence-corrected chi connectivity index (χ3v) is 4.41. The van der Waals surface area contributed by atoms with E-state index >= 15 is 0 Å². The van der Waals surface area contributed by atoms with Gasteiger partial charge in [-0.05, 0) is 61.4 Å². The number of hydrogen-bond acceptors (Lipinski definition) is 3. The normalized spacial score (nSPS) is 10.3. The quantitative estimate of drug-likeness (QED) is 0.758. The number of amides is 2. The van der Waals surface area contributed by atoms with Crippen LogP contribution in [0.2, 0.25) is 0 Å². The highest BCUT2D eigenvalue weighted by Gasteiger charge is 2.17. The maximum atomic E-state index is 12.7. The smallest absolute Gasteiger partial charge is 0.276 e. The molecule has 0 atom stereocenters. The van der Waals surface area contributed by atoms with Gasteiger partial charge in [-0.3, -0.25) is 9.59 Å². The van der Waals surface area contributed by atoms with Gasteiger partial charge in [-0.1, -0.05) is 30.3 Å². The van der Waals surface area contributed by atoms with E-state index in [4.69, 9.17) is 0 Å². The summed E-state index contributed by atoms with van der Waals surface area (Å²) in [6.07, 6.45) is 0. The first-order valence-corrected chi connectivity index (χ1v) is 8.64. The lowest BCUT2D eigenvalue weighted by Crippen LogP contribution is -2.27. The van der Waals surface area contributed by atoms with Crippen LogP contribution in [0.15, 0.2) is 66.7 Å². The van der Waals surface area contributed by atoms with Crippen molar-refractivity contribution in [3.63, 3.8) is 0 Å². The van der Waals surface area contributed by atoms with Crippen molar-refractivity contribution in [2.24, 2.45) is 0 Å². The first-order valence-electron chi connectivity index (χ1n) is 8.64. The van der Waals surface area contributed by atoms with Crippen LogP contribution in [0.25, 0.3) is 0 Å². The number of anilines is 2. The number of nitrogens with one attached hydrogen (secondary N) is 1. The van der Waals surface area contributed by atoms with E-state index in [0.717, 1.165) is 16.8 Å². The highest BCUT2D eigenvalue weighted by molar-refractivity contribution is 6.07. The molecule has 0 saturated carbocycles. The summed E-state index contributed by atoms with van der Waals surface area (Å²) in [7, 11) is 1.68. The number of benzene rings is 2. The number of hydrogen-bond donors (Lipinski definition) is 1. The van der Waals surface area contributed by atoms with Gasteiger partial charge in [-0.2, -0.15) is 0 Å². The van der Waals surface area contributed by atoms with E-state index in [0.29, 0.717) is 5.69 Å². The van der Waals surface area contributed by atoms with Gasteiger partial charge in [0.15, 0.2) is 0 Å². The van der Waals surface area contributed by atoms with Crippen molar-refractivity contribution < 1.29 is 9.59 Å². The molecule has 2 amide bonds. The molecule has 3 aromatic rings. The Morgan fingerprint density at radius 2 is 1.56 bits per heavy atom. The Morgan fingerprint density at radius 1 is 0.852 bits per heavy atom. The predicted molar refractivity (Wildman–Crippen MR) is 107 cm³/mol. The molecule has 1 N–H and O–H groups in total. The van der Waals surface area contributed by atoms with Gasteiger partial charge in [0.2, 0.25) is 0 Å². The first kappa shape index (κ1) is 18.3. The summed E-state index contributed by atoms with van der Waals surface area (Å²) < 4.78 is 0. The van der Waals surface area contributed by atoms with Gasteiger partial charge in [-0.25, -0.2) is 4.98 Å². The summed E-state index contributed by atoms with van der Waals surface area (Å²) in [5.41, 5.74) is 4.11. The fourth-order valence-corrected chi connectivity index (χ4v) is 2.64. The van der Waals surface area contributed by atoms with Gasteiger partial charge in [0.1, 0.15) is 11.4 Å². The SMILES string of the molecule is Cc1ccc(NC(=O)c2cccc(C(=O)N(C)c3ccccc3)n2)cc1C. The van der Waals surface area contributed by atoms with Crippen LogP contribution in [0.1, 0.15) is 32.1 Å². The standard InChI is InChI=1S/C22H21N3O2/c1-15-12-13-17(14-16(15)2)23-21(26)19-10-7-11-20(24-19)22(27)25(3)18-8-5-4-6-9-18/h4-14H,1-3H3,(H,23,26). The monoisotopic (exact) mass is 359 g/mol. The highest BCUT2D eigenvalue weighted by atomic mass is 16.2. The van der Waals surface area contributed by atoms with E-state index in [9.17, 15) is 9.59 Å². The van der Waals surface area contributed by atoms with Gasteiger partial charge in [0.05, 0.1) is 0 Å². The lowest BCUT2D eigenvalue weighted by molar-refractivity contribution is 0.0988. The summed E-state index contributed by atoms with van der Waals surface area (Å²) in [6, 6.07) is 19.9. The van der Waals surface area contributed by atoms with Gasteiger partial charge in [0.25, 0.3) is 11.8 Å². The molecule has 5 nitrogen and oxygen atoms in total. The Balaban J connectivity index is 1.79. The second kappa shape index (κ2) is 7.83. The predicted octanol–water partition coefficient (Wildman–Crippen LogP) is 4.23. The molecular weight excluding hydrogens is 338 g/mol. The van der Waals surface area contributed by atoms with E-state index in [-0.39, 0.29) is 23.2 Å². The zero-order chi connectivity index (χ0) is 19.4. The summed E-state index contributed by atoms with van der Waals surface area (Å²) in [5.74, 6) is -0.628. The van der Waals surface area contributed by atoms with E-state index < -0.39 is 0 Å². The molecule has 5 heteroatoms. The molecular formula is C22H21N3O2. The molecule has 0 aliphatic heterocycles. The third-order valence-electron chi connectivity index (χ3n) is 4.41. The largest absolute Gasteiger partial charge is 0.321 e. The molecule has 0 saturated heterocycles. The molecule has 1 aromatic heterocycles. The molecule has 0 aliphatic carbocycles. The van der Waals surface area contributed by atoms with Gasteiger partial charge in [-0.15, -0.1) is 0 Å². The maximum absolute atomic E-state index is 12.7. The van der Waals surface area contributed by atoms with E-state index in [1.165, 1.54) is 4.90 Å². The molecule has 1 heterocycles. The molecule has 0 radical (unpaired) electrons. The minimum absolute atomic E-state index is 0.195. The van der Waals surface area contributed by atoms with Crippen molar-refractivity contribution in [3.8, 4) is 0 Å². The van der Waals surface area contributed by atoms with Crippen molar-refractivity contribution in [2.75, 3.05) is 17.3 Å². The lowest BCUT2D eigenvalue weighted by atomic mass is 10.1. The Bertz CT molecular complexity index is 984. The summed E-state index contributed by atoms with van der Waals surface area (Å²) in [4.78, 5) is 31.0. The van der Waals surface area contributed by atoms with Crippen molar-refractivity contribution in [1.29, 1.82) is 0 Å². The average molecular weight is 359 g/mol. The second-order valence-electron chi connectivity index (χ2n) is 6.36. The molecule has 0 spiro atoms. The number of carbonyl (C=O) groups is 2. The zero-order valence-corrected chi connectivity index (χ0v) is 15.6. The number of para-hydroxylation sites is 1. The maximum Gasteiger partial charge on any atom is 0.276 e. The lowest BCUT2D eigenvalue weighted by Gasteiger charge is -2.17. The van der Waals surface area contributed by atoms with E-state index in [1.807, 2.05) is 62.4 Å². The van der Waals surface area contributed by atoms with Crippen LogP contribution in [0, 0.1) is 13.8 Å². The van der Waals surface area contributed by atoms with Crippen LogP contribution in [-0.2, 0) is 0 Å². The minimum Gasteiger partial charge on any atom is -0.321 e. The van der Waals surface area contributed by atoms with E-state index in [1.54, 1.807) is 25.2 Å². The number of rotatable bonds is 4. The Morgan fingerprint density at radius 3 is 2.26 bits per heavy atom. The van der Waals surface area contributed by atoms with Crippen LogP contribution in [0.5, 0.6) is 0 Å². The van der Waals surface area contributed by atoms with Crippen molar-refractivity contribution in [2.45, 2.75) is 13.8 Å². The molecule has 0 bridgehead atoms. The van der Waals surface area contributed by atoms with Gasteiger partial charge in [0, 0.05) is 18.4 Å². The molecule has 2 aromatic carbocycles. The third kappa shape index (κ3) is 4.20. The number of pyridine rings is 1. The second-order valence-corrected chi connectivity index (χ2v) is 6.36. The molecule has 27 heavy (non-hydrogen) atoms. The van der Waals surface area contributed by atoms with Crippen molar-refractivity contribution in [1.82, 2.24) is 4.98 Å². The molecule has 0 fully saturated rings. The van der Waals surface area contributed by atoms with Crippen LogP contribution < -0.4 is 10.2 Å². The number of carbonyl (C=O) groups excluding carboxylic acids is 2. The topological polar surface area (TPSA) is 62.3 Å². The fourth-order valence-electron chi connectivity index (χ4n) is 2.64. The summed E-state index contributed by atoms with van der Waals surface area (Å²) >= 11 is 0.